The van der Waals surface area contributed by atoms with Crippen LogP contribution in [0.15, 0.2) is 48.5 Å². The van der Waals surface area contributed by atoms with E-state index in [1.54, 1.807) is 6.07 Å². The fraction of sp³-hybridized carbons (Fsp3) is 0.368. The van der Waals surface area contributed by atoms with Crippen molar-refractivity contribution in [1.29, 1.82) is 0 Å². The summed E-state index contributed by atoms with van der Waals surface area (Å²) in [4.78, 5) is 0. The maximum Gasteiger partial charge on any atom is 0.419 e. The van der Waals surface area contributed by atoms with Gasteiger partial charge < -0.3 is 4.74 Å². The molecule has 2 rings (SSSR count). The van der Waals surface area contributed by atoms with Crippen LogP contribution in [0.4, 0.5) is 13.2 Å². The Bertz CT molecular complexity index is 606. The van der Waals surface area contributed by atoms with Crippen LogP contribution in [-0.4, -0.2) is 0 Å². The summed E-state index contributed by atoms with van der Waals surface area (Å²) in [7, 11) is 0. The van der Waals surface area contributed by atoms with Crippen LogP contribution in [0.3, 0.4) is 0 Å². The molecule has 2 aromatic carbocycles. The minimum Gasteiger partial charge on any atom is -0.488 e. The van der Waals surface area contributed by atoms with Gasteiger partial charge in [-0.25, -0.2) is 0 Å². The molecule has 2 aromatic rings. The summed E-state index contributed by atoms with van der Waals surface area (Å²) >= 11 is 0. The molecule has 0 amide bonds. The van der Waals surface area contributed by atoms with Crippen molar-refractivity contribution in [3.05, 3.63) is 65.2 Å². The highest BCUT2D eigenvalue weighted by atomic mass is 19.4. The van der Waals surface area contributed by atoms with E-state index in [0.717, 1.165) is 24.8 Å². The fourth-order valence-corrected chi connectivity index (χ4v) is 2.39. The first-order chi connectivity index (χ1) is 11.0. The van der Waals surface area contributed by atoms with Crippen LogP contribution in [0.5, 0.6) is 5.75 Å². The smallest absolute Gasteiger partial charge is 0.419 e. The molecular weight excluding hydrogens is 301 g/mol. The van der Waals surface area contributed by atoms with Gasteiger partial charge in [0.05, 0.1) is 5.56 Å². The largest absolute Gasteiger partial charge is 0.488 e. The van der Waals surface area contributed by atoms with Crippen molar-refractivity contribution < 1.29 is 17.9 Å². The lowest BCUT2D eigenvalue weighted by Crippen LogP contribution is -2.09. The molecule has 0 fully saturated rings. The van der Waals surface area contributed by atoms with Crippen LogP contribution in [-0.2, 0) is 19.2 Å². The first kappa shape index (κ1) is 17.4. The maximum atomic E-state index is 13.3. The van der Waals surface area contributed by atoms with Crippen LogP contribution in [0.2, 0.25) is 0 Å². The molecular formula is C19H21F3O. The van der Waals surface area contributed by atoms with E-state index in [0.29, 0.717) is 12.0 Å². The minimum atomic E-state index is -4.41. The van der Waals surface area contributed by atoms with Crippen LogP contribution >= 0.6 is 0 Å². The third kappa shape index (κ3) is 5.31. The van der Waals surface area contributed by atoms with Crippen LogP contribution in [0.25, 0.3) is 0 Å². The molecule has 0 aliphatic heterocycles. The van der Waals surface area contributed by atoms with Crippen molar-refractivity contribution in [3.8, 4) is 5.75 Å². The Labute approximate surface area is 135 Å². The fourth-order valence-electron chi connectivity index (χ4n) is 2.39. The van der Waals surface area contributed by atoms with E-state index in [-0.39, 0.29) is 12.4 Å². The number of hydrogen-bond donors (Lipinski definition) is 0. The van der Waals surface area contributed by atoms with Gasteiger partial charge >= 0.3 is 6.18 Å². The maximum absolute atomic E-state index is 13.3. The first-order valence-electron chi connectivity index (χ1n) is 7.87. The lowest BCUT2D eigenvalue weighted by atomic mass is 10.0. The first-order valence-corrected chi connectivity index (χ1v) is 7.87. The number of aryl methyl sites for hydroxylation is 1. The number of alkyl halides is 3. The van der Waals surface area contributed by atoms with E-state index in [1.165, 1.54) is 12.1 Å². The van der Waals surface area contributed by atoms with E-state index in [4.69, 9.17) is 4.74 Å². The predicted molar refractivity (Wildman–Crippen MR) is 85.4 cm³/mol. The molecule has 124 valence electrons. The third-order valence-electron chi connectivity index (χ3n) is 3.66. The van der Waals surface area contributed by atoms with Gasteiger partial charge in [0.25, 0.3) is 0 Å². The molecule has 0 bridgehead atoms. The van der Waals surface area contributed by atoms with E-state index in [9.17, 15) is 13.2 Å². The van der Waals surface area contributed by atoms with Crippen molar-refractivity contribution in [2.45, 2.75) is 45.4 Å². The Kier molecular flexibility index (Phi) is 6.08. The molecule has 0 atom stereocenters. The molecule has 0 aliphatic rings. The van der Waals surface area contributed by atoms with Crippen molar-refractivity contribution >= 4 is 0 Å². The average Bonchev–Trinajstić information content (AvgIpc) is 2.54. The van der Waals surface area contributed by atoms with E-state index >= 15 is 0 Å². The SMILES string of the molecule is CCCCCc1ccc(OCc2ccccc2)c(C(F)(F)F)c1. The van der Waals surface area contributed by atoms with Crippen molar-refractivity contribution in [3.63, 3.8) is 0 Å². The van der Waals surface area contributed by atoms with Crippen LogP contribution in [0, 0.1) is 0 Å². The highest BCUT2D eigenvalue weighted by molar-refractivity contribution is 5.39. The predicted octanol–water partition coefficient (Wildman–Crippen LogP) is 6.02. The van der Waals surface area contributed by atoms with Crippen molar-refractivity contribution in [1.82, 2.24) is 0 Å². The van der Waals surface area contributed by atoms with E-state index < -0.39 is 11.7 Å². The molecule has 0 aromatic heterocycles. The van der Waals surface area contributed by atoms with Crippen molar-refractivity contribution in [2.24, 2.45) is 0 Å². The molecule has 0 aliphatic carbocycles. The van der Waals surface area contributed by atoms with Crippen LogP contribution in [0.1, 0.15) is 42.9 Å². The zero-order valence-corrected chi connectivity index (χ0v) is 13.2. The Morgan fingerprint density at radius 2 is 1.65 bits per heavy atom. The second-order valence-corrected chi connectivity index (χ2v) is 5.56. The summed E-state index contributed by atoms with van der Waals surface area (Å²) in [6, 6.07) is 13.6. The summed E-state index contributed by atoms with van der Waals surface area (Å²) in [5.74, 6) is -0.111. The topological polar surface area (TPSA) is 9.23 Å². The molecule has 0 spiro atoms. The van der Waals surface area contributed by atoms with Gasteiger partial charge in [-0.3, -0.25) is 0 Å². The number of ether oxygens (including phenoxy) is 1. The monoisotopic (exact) mass is 322 g/mol. The normalized spacial score (nSPS) is 11.5. The number of halogens is 3. The molecule has 0 saturated carbocycles. The zero-order chi connectivity index (χ0) is 16.7. The second-order valence-electron chi connectivity index (χ2n) is 5.56. The molecule has 0 unspecified atom stereocenters. The summed E-state index contributed by atoms with van der Waals surface area (Å²) in [6.45, 7) is 2.20. The van der Waals surface area contributed by atoms with Gasteiger partial charge in [-0.1, -0.05) is 56.2 Å². The molecule has 0 heterocycles. The summed E-state index contributed by atoms with van der Waals surface area (Å²) in [5, 5.41) is 0. The molecule has 4 heteroatoms. The number of unbranched alkanes of at least 4 members (excludes halogenated alkanes) is 2. The summed E-state index contributed by atoms with van der Waals surface area (Å²) in [5.41, 5.74) is 0.855. The van der Waals surface area contributed by atoms with Gasteiger partial charge in [0.2, 0.25) is 0 Å². The lowest BCUT2D eigenvalue weighted by molar-refractivity contribution is -0.139. The Morgan fingerprint density at radius 3 is 2.30 bits per heavy atom. The highest BCUT2D eigenvalue weighted by Crippen LogP contribution is 2.37. The Morgan fingerprint density at radius 1 is 0.913 bits per heavy atom. The second kappa shape index (κ2) is 8.04. The summed E-state index contributed by atoms with van der Waals surface area (Å²) in [6.07, 6.45) is -0.779. The number of hydrogen-bond acceptors (Lipinski definition) is 1. The van der Waals surface area contributed by atoms with Gasteiger partial charge in [-0.05, 0) is 36.1 Å². The van der Waals surface area contributed by atoms with Gasteiger partial charge in [-0.2, -0.15) is 13.2 Å². The van der Waals surface area contributed by atoms with Gasteiger partial charge in [0.1, 0.15) is 12.4 Å². The minimum absolute atomic E-state index is 0.111. The zero-order valence-electron chi connectivity index (χ0n) is 13.2. The molecule has 0 radical (unpaired) electrons. The van der Waals surface area contributed by atoms with Gasteiger partial charge in [0.15, 0.2) is 0 Å². The number of rotatable bonds is 7. The molecule has 0 N–H and O–H groups in total. The van der Waals surface area contributed by atoms with Crippen molar-refractivity contribution in [2.75, 3.05) is 0 Å². The summed E-state index contributed by atoms with van der Waals surface area (Å²) < 4.78 is 45.2. The Balaban J connectivity index is 2.14. The molecule has 0 saturated heterocycles. The van der Waals surface area contributed by atoms with Gasteiger partial charge in [-0.15, -0.1) is 0 Å². The Hall–Kier alpha value is -1.97. The lowest BCUT2D eigenvalue weighted by Gasteiger charge is -2.15. The molecule has 23 heavy (non-hydrogen) atoms. The standard InChI is InChI=1S/C19H21F3O/c1-2-3-5-8-15-11-12-18(17(13-15)19(20,21)22)23-14-16-9-6-4-7-10-16/h4,6-7,9-13H,2-3,5,8,14H2,1H3. The quantitative estimate of drug-likeness (QED) is 0.567. The van der Waals surface area contributed by atoms with Crippen LogP contribution < -0.4 is 4.74 Å². The molecule has 1 nitrogen and oxygen atoms in total. The average molecular weight is 322 g/mol. The number of benzene rings is 2. The van der Waals surface area contributed by atoms with E-state index in [1.807, 2.05) is 30.3 Å². The third-order valence-corrected chi connectivity index (χ3v) is 3.66. The highest BCUT2D eigenvalue weighted by Gasteiger charge is 2.34. The van der Waals surface area contributed by atoms with E-state index in [2.05, 4.69) is 6.92 Å². The van der Waals surface area contributed by atoms with Gasteiger partial charge in [0, 0.05) is 0 Å².